The van der Waals surface area contributed by atoms with Crippen molar-refractivity contribution >= 4 is 0 Å². The average molecular weight is 197 g/mol. The van der Waals surface area contributed by atoms with Gasteiger partial charge < -0.3 is 10.5 Å². The molecule has 3 heteroatoms. The first-order chi connectivity index (χ1) is 6.61. The third-order valence-electron chi connectivity index (χ3n) is 2.27. The van der Waals surface area contributed by atoms with Crippen LogP contribution in [0, 0.1) is 19.7 Å². The largest absolute Gasteiger partial charge is 0.496 e. The van der Waals surface area contributed by atoms with E-state index in [2.05, 4.69) is 0 Å². The van der Waals surface area contributed by atoms with Crippen LogP contribution in [0.3, 0.4) is 0 Å². The van der Waals surface area contributed by atoms with Crippen molar-refractivity contribution in [2.75, 3.05) is 13.7 Å². The Morgan fingerprint density at radius 1 is 1.36 bits per heavy atom. The summed E-state index contributed by atoms with van der Waals surface area (Å²) in [5, 5.41) is 0. The average Bonchev–Trinajstić information content (AvgIpc) is 2.14. The molecule has 0 spiro atoms. The maximum absolute atomic E-state index is 13.7. The van der Waals surface area contributed by atoms with E-state index in [1.54, 1.807) is 20.1 Å². The Kier molecular flexibility index (Phi) is 3.47. The monoisotopic (exact) mass is 197 g/mol. The van der Waals surface area contributed by atoms with Crippen molar-refractivity contribution in [1.29, 1.82) is 0 Å². The number of hydrogen-bond acceptors (Lipinski definition) is 2. The van der Waals surface area contributed by atoms with E-state index < -0.39 is 0 Å². The van der Waals surface area contributed by atoms with Crippen LogP contribution in [0.2, 0.25) is 0 Å². The normalized spacial score (nSPS) is 10.4. The van der Waals surface area contributed by atoms with Crippen LogP contribution in [0.5, 0.6) is 5.75 Å². The van der Waals surface area contributed by atoms with Gasteiger partial charge in [-0.15, -0.1) is 0 Å². The van der Waals surface area contributed by atoms with E-state index in [0.717, 1.165) is 5.56 Å². The summed E-state index contributed by atoms with van der Waals surface area (Å²) in [7, 11) is 1.55. The Bertz CT molecular complexity index is 337. The van der Waals surface area contributed by atoms with E-state index in [-0.39, 0.29) is 5.82 Å². The first kappa shape index (κ1) is 11.0. The second-order valence-electron chi connectivity index (χ2n) is 3.37. The summed E-state index contributed by atoms with van der Waals surface area (Å²) in [5.74, 6) is 0.427. The highest BCUT2D eigenvalue weighted by Crippen LogP contribution is 2.28. The van der Waals surface area contributed by atoms with Gasteiger partial charge in [-0.3, -0.25) is 0 Å². The smallest absolute Gasteiger partial charge is 0.133 e. The van der Waals surface area contributed by atoms with Crippen molar-refractivity contribution in [2.24, 2.45) is 5.73 Å². The summed E-state index contributed by atoms with van der Waals surface area (Å²) < 4.78 is 18.8. The molecule has 0 saturated carbocycles. The van der Waals surface area contributed by atoms with Gasteiger partial charge >= 0.3 is 0 Å². The summed E-state index contributed by atoms with van der Waals surface area (Å²) in [6.45, 7) is 4.09. The third kappa shape index (κ3) is 1.87. The zero-order valence-corrected chi connectivity index (χ0v) is 8.86. The van der Waals surface area contributed by atoms with E-state index in [1.807, 2.05) is 6.92 Å². The number of rotatable bonds is 3. The lowest BCUT2D eigenvalue weighted by Crippen LogP contribution is -2.08. The Hall–Kier alpha value is -1.09. The van der Waals surface area contributed by atoms with E-state index in [4.69, 9.17) is 10.5 Å². The van der Waals surface area contributed by atoms with Crippen LogP contribution < -0.4 is 10.5 Å². The molecule has 2 N–H and O–H groups in total. The summed E-state index contributed by atoms with van der Waals surface area (Å²) in [5.41, 5.74) is 7.62. The maximum atomic E-state index is 13.7. The van der Waals surface area contributed by atoms with Crippen LogP contribution in [0.25, 0.3) is 0 Å². The fourth-order valence-electron chi connectivity index (χ4n) is 1.68. The predicted octanol–water partition coefficient (Wildman–Crippen LogP) is 1.95. The minimum atomic E-state index is -0.196. The molecule has 1 aromatic carbocycles. The first-order valence-electron chi connectivity index (χ1n) is 4.64. The summed E-state index contributed by atoms with van der Waals surface area (Å²) >= 11 is 0. The number of methoxy groups -OCH3 is 1. The quantitative estimate of drug-likeness (QED) is 0.803. The van der Waals surface area contributed by atoms with E-state index in [1.165, 1.54) is 0 Å². The van der Waals surface area contributed by atoms with Crippen molar-refractivity contribution in [3.63, 3.8) is 0 Å². The Balaban J connectivity index is 3.32. The topological polar surface area (TPSA) is 35.2 Å². The lowest BCUT2D eigenvalue weighted by molar-refractivity contribution is 0.401. The number of aryl methyl sites for hydroxylation is 2. The standard InChI is InChI=1S/C11H16FNO/c1-7-6-8(2)11(14-3)9(4-5-13)10(7)12/h6H,4-5,13H2,1-3H3. The van der Waals surface area contributed by atoms with Gasteiger partial charge in [-0.05, 0) is 44.0 Å². The molecule has 0 unspecified atom stereocenters. The highest BCUT2D eigenvalue weighted by molar-refractivity contribution is 5.45. The van der Waals surface area contributed by atoms with Crippen LogP contribution in [0.4, 0.5) is 4.39 Å². The van der Waals surface area contributed by atoms with Crippen LogP contribution in [-0.4, -0.2) is 13.7 Å². The molecular formula is C11H16FNO. The van der Waals surface area contributed by atoms with Crippen molar-refractivity contribution in [3.8, 4) is 5.75 Å². The molecule has 0 amide bonds. The molecule has 0 aromatic heterocycles. The predicted molar refractivity (Wildman–Crippen MR) is 55.2 cm³/mol. The molecule has 0 fully saturated rings. The molecule has 2 nitrogen and oxygen atoms in total. The van der Waals surface area contributed by atoms with Crippen molar-refractivity contribution in [2.45, 2.75) is 20.3 Å². The summed E-state index contributed by atoms with van der Waals surface area (Å²) in [4.78, 5) is 0. The molecule has 1 rings (SSSR count). The van der Waals surface area contributed by atoms with Crippen molar-refractivity contribution in [3.05, 3.63) is 28.6 Å². The van der Waals surface area contributed by atoms with Crippen LogP contribution in [0.15, 0.2) is 6.07 Å². The lowest BCUT2D eigenvalue weighted by atomic mass is 10.0. The molecule has 0 atom stereocenters. The summed E-state index contributed by atoms with van der Waals surface area (Å²) in [6.07, 6.45) is 0.511. The highest BCUT2D eigenvalue weighted by Gasteiger charge is 2.13. The Morgan fingerprint density at radius 3 is 2.50 bits per heavy atom. The molecular weight excluding hydrogens is 181 g/mol. The second kappa shape index (κ2) is 4.42. The molecule has 0 heterocycles. The van der Waals surface area contributed by atoms with Crippen LogP contribution in [-0.2, 0) is 6.42 Å². The molecule has 78 valence electrons. The number of ether oxygens (including phenoxy) is 1. The molecule has 0 bridgehead atoms. The first-order valence-corrected chi connectivity index (χ1v) is 4.64. The van der Waals surface area contributed by atoms with Gasteiger partial charge in [0, 0.05) is 5.56 Å². The summed E-state index contributed by atoms with van der Waals surface area (Å²) in [6, 6.07) is 1.79. The zero-order chi connectivity index (χ0) is 10.7. The fourth-order valence-corrected chi connectivity index (χ4v) is 1.68. The number of benzene rings is 1. The van der Waals surface area contributed by atoms with Gasteiger partial charge in [0.2, 0.25) is 0 Å². The lowest BCUT2D eigenvalue weighted by Gasteiger charge is -2.13. The molecule has 0 aliphatic carbocycles. The van der Waals surface area contributed by atoms with Gasteiger partial charge in [0.1, 0.15) is 11.6 Å². The number of nitrogens with two attached hydrogens (primary N) is 1. The minimum Gasteiger partial charge on any atom is -0.496 e. The number of halogens is 1. The number of hydrogen-bond donors (Lipinski definition) is 1. The third-order valence-corrected chi connectivity index (χ3v) is 2.27. The fraction of sp³-hybridized carbons (Fsp3) is 0.455. The van der Waals surface area contributed by atoms with Gasteiger partial charge in [0.05, 0.1) is 7.11 Å². The molecule has 0 aliphatic rings. The Labute approximate surface area is 83.9 Å². The van der Waals surface area contributed by atoms with Gasteiger partial charge in [0.25, 0.3) is 0 Å². The van der Waals surface area contributed by atoms with Crippen LogP contribution >= 0.6 is 0 Å². The van der Waals surface area contributed by atoms with Gasteiger partial charge in [-0.25, -0.2) is 4.39 Å². The van der Waals surface area contributed by atoms with Gasteiger partial charge in [-0.1, -0.05) is 0 Å². The van der Waals surface area contributed by atoms with Gasteiger partial charge in [-0.2, -0.15) is 0 Å². The minimum absolute atomic E-state index is 0.196. The van der Waals surface area contributed by atoms with Crippen molar-refractivity contribution in [1.82, 2.24) is 0 Å². The van der Waals surface area contributed by atoms with E-state index in [0.29, 0.717) is 29.8 Å². The van der Waals surface area contributed by atoms with Crippen molar-refractivity contribution < 1.29 is 9.13 Å². The highest BCUT2D eigenvalue weighted by atomic mass is 19.1. The van der Waals surface area contributed by atoms with E-state index in [9.17, 15) is 4.39 Å². The second-order valence-corrected chi connectivity index (χ2v) is 3.37. The molecule has 0 radical (unpaired) electrons. The molecule has 1 aromatic rings. The molecule has 0 aliphatic heterocycles. The SMILES string of the molecule is COc1c(C)cc(C)c(F)c1CCN. The van der Waals surface area contributed by atoms with Crippen LogP contribution in [0.1, 0.15) is 16.7 Å². The van der Waals surface area contributed by atoms with Gasteiger partial charge in [0.15, 0.2) is 0 Å². The molecule has 0 saturated heterocycles. The zero-order valence-electron chi connectivity index (χ0n) is 8.86. The molecule has 14 heavy (non-hydrogen) atoms. The maximum Gasteiger partial charge on any atom is 0.133 e. The van der Waals surface area contributed by atoms with E-state index >= 15 is 0 Å². The Morgan fingerprint density at radius 2 is 2.00 bits per heavy atom.